The molecular formula is C18H18ClN3O6S2. The Morgan fingerprint density at radius 1 is 1.30 bits per heavy atom. The molecule has 0 aliphatic carbocycles. The Hall–Kier alpha value is -2.07. The van der Waals surface area contributed by atoms with Gasteiger partial charge in [0.2, 0.25) is 19.9 Å². The molecule has 2 N–H and O–H groups in total. The number of aryl methyl sites for hydroxylation is 1. The summed E-state index contributed by atoms with van der Waals surface area (Å²) in [6.07, 6.45) is 1.34. The van der Waals surface area contributed by atoms with E-state index in [-0.39, 0.29) is 20.5 Å². The molecule has 2 aromatic rings. The van der Waals surface area contributed by atoms with Crippen molar-refractivity contribution in [1.29, 1.82) is 5.26 Å². The molecule has 160 valence electrons. The fourth-order valence-corrected chi connectivity index (χ4v) is 7.22. The van der Waals surface area contributed by atoms with E-state index in [1.807, 2.05) is 6.07 Å². The highest BCUT2D eigenvalue weighted by Gasteiger charge is 2.55. The first kappa shape index (κ1) is 22.6. The molecule has 12 heteroatoms. The lowest BCUT2D eigenvalue weighted by Crippen LogP contribution is -2.49. The van der Waals surface area contributed by atoms with Crippen molar-refractivity contribution in [3.05, 3.63) is 52.7 Å². The molecule has 2 atom stereocenters. The molecule has 0 amide bonds. The lowest BCUT2D eigenvalue weighted by atomic mass is 10.1. The summed E-state index contributed by atoms with van der Waals surface area (Å²) in [5.74, 6) is 0. The summed E-state index contributed by atoms with van der Waals surface area (Å²) in [6.45, 7) is -0.514. The van der Waals surface area contributed by atoms with E-state index in [9.17, 15) is 27.0 Å². The first-order valence-corrected chi connectivity index (χ1v) is 12.0. The van der Waals surface area contributed by atoms with Crippen molar-refractivity contribution in [3.63, 3.8) is 0 Å². The Morgan fingerprint density at radius 2 is 2.00 bits per heavy atom. The molecule has 0 saturated carbocycles. The van der Waals surface area contributed by atoms with Gasteiger partial charge in [0.25, 0.3) is 0 Å². The lowest BCUT2D eigenvalue weighted by molar-refractivity contribution is 0.00156. The van der Waals surface area contributed by atoms with Crippen molar-refractivity contribution in [2.75, 3.05) is 19.7 Å². The number of pyridine rings is 1. The number of β-amino-alcohol motifs (C(OH)–C–C–N with tert-alkyl or cyclic N) is 1. The van der Waals surface area contributed by atoms with Crippen molar-refractivity contribution >= 4 is 31.5 Å². The Bertz CT molecular complexity index is 1230. The first-order chi connectivity index (χ1) is 14.0. The van der Waals surface area contributed by atoms with Crippen LogP contribution in [0.2, 0.25) is 5.02 Å². The van der Waals surface area contributed by atoms with Crippen LogP contribution >= 0.6 is 11.6 Å². The zero-order chi connectivity index (χ0) is 22.3. The predicted octanol–water partition coefficient (Wildman–Crippen LogP) is 0.485. The second-order valence-corrected chi connectivity index (χ2v) is 11.4. The number of halogens is 1. The fraction of sp³-hybridized carbons (Fsp3) is 0.333. The molecule has 9 nitrogen and oxygen atoms in total. The molecule has 0 spiro atoms. The number of aliphatic hydroxyl groups excluding tert-OH is 1. The summed E-state index contributed by atoms with van der Waals surface area (Å²) < 4.78 is 53.0. The van der Waals surface area contributed by atoms with Gasteiger partial charge in [0.1, 0.15) is 15.7 Å². The quantitative estimate of drug-likeness (QED) is 0.639. The van der Waals surface area contributed by atoms with Gasteiger partial charge in [-0.05, 0) is 36.8 Å². The number of benzene rings is 1. The van der Waals surface area contributed by atoms with Crippen molar-refractivity contribution in [2.45, 2.75) is 27.7 Å². The van der Waals surface area contributed by atoms with Gasteiger partial charge in [0.15, 0.2) is 5.03 Å². The number of aromatic nitrogens is 1. The van der Waals surface area contributed by atoms with E-state index in [2.05, 4.69) is 4.98 Å². The van der Waals surface area contributed by atoms with E-state index in [0.29, 0.717) is 0 Å². The molecule has 3 rings (SSSR count). The third-order valence-electron chi connectivity index (χ3n) is 4.92. The zero-order valence-corrected chi connectivity index (χ0v) is 18.1. The fourth-order valence-electron chi connectivity index (χ4n) is 3.24. The second kappa shape index (κ2) is 7.88. The number of rotatable bonds is 5. The van der Waals surface area contributed by atoms with Crippen LogP contribution in [0.25, 0.3) is 0 Å². The van der Waals surface area contributed by atoms with E-state index in [0.717, 1.165) is 15.9 Å². The van der Waals surface area contributed by atoms with Gasteiger partial charge in [-0.3, -0.25) is 0 Å². The van der Waals surface area contributed by atoms with E-state index < -0.39 is 50.4 Å². The van der Waals surface area contributed by atoms with Gasteiger partial charge in [0, 0.05) is 19.3 Å². The largest absolute Gasteiger partial charge is 0.393 e. The van der Waals surface area contributed by atoms with Gasteiger partial charge in [0.05, 0.1) is 23.3 Å². The minimum absolute atomic E-state index is 0.151. The average Bonchev–Trinajstić information content (AvgIpc) is 3.08. The van der Waals surface area contributed by atoms with E-state index in [1.165, 1.54) is 30.5 Å². The first-order valence-electron chi connectivity index (χ1n) is 8.65. The molecule has 1 aromatic heterocycles. The van der Waals surface area contributed by atoms with Crippen LogP contribution in [0.3, 0.4) is 0 Å². The van der Waals surface area contributed by atoms with Crippen LogP contribution in [-0.2, 0) is 19.9 Å². The summed E-state index contributed by atoms with van der Waals surface area (Å²) in [5, 5.41) is 27.2. The molecule has 1 aliphatic heterocycles. The Morgan fingerprint density at radius 3 is 2.53 bits per heavy atom. The normalized spacial score (nSPS) is 22.7. The summed E-state index contributed by atoms with van der Waals surface area (Å²) in [4.78, 5) is 3.53. The highest BCUT2D eigenvalue weighted by molar-refractivity contribution is 7.92. The summed E-state index contributed by atoms with van der Waals surface area (Å²) in [5.41, 5.74) is -1.37. The maximum Gasteiger partial charge on any atom is 0.244 e. The van der Waals surface area contributed by atoms with Crippen molar-refractivity contribution in [2.24, 2.45) is 0 Å². The van der Waals surface area contributed by atoms with Gasteiger partial charge in [-0.2, -0.15) is 9.57 Å². The predicted molar refractivity (Wildman–Crippen MR) is 107 cm³/mol. The van der Waals surface area contributed by atoms with E-state index >= 15 is 0 Å². The third kappa shape index (κ3) is 3.82. The average molecular weight is 472 g/mol. The number of hydrogen-bond donors (Lipinski definition) is 2. The van der Waals surface area contributed by atoms with Gasteiger partial charge >= 0.3 is 0 Å². The molecular weight excluding hydrogens is 454 g/mol. The molecule has 1 saturated heterocycles. The van der Waals surface area contributed by atoms with Crippen LogP contribution in [0.4, 0.5) is 0 Å². The minimum Gasteiger partial charge on any atom is -0.393 e. The summed E-state index contributed by atoms with van der Waals surface area (Å²) in [7, 11) is -8.60. The summed E-state index contributed by atoms with van der Waals surface area (Å²) >= 11 is 6.02. The smallest absolute Gasteiger partial charge is 0.244 e. The highest BCUT2D eigenvalue weighted by Crippen LogP contribution is 2.35. The van der Waals surface area contributed by atoms with Crippen LogP contribution in [0.1, 0.15) is 11.1 Å². The molecule has 0 unspecified atom stereocenters. The van der Waals surface area contributed by atoms with Crippen LogP contribution in [-0.4, -0.2) is 66.9 Å². The van der Waals surface area contributed by atoms with Crippen LogP contribution < -0.4 is 0 Å². The third-order valence-corrected chi connectivity index (χ3v) is 9.38. The molecule has 1 fully saturated rings. The Labute approximate surface area is 179 Å². The minimum atomic E-state index is -4.32. The molecule has 0 radical (unpaired) electrons. The second-order valence-electron chi connectivity index (χ2n) is 7.02. The number of hydrogen-bond acceptors (Lipinski definition) is 8. The lowest BCUT2D eigenvalue weighted by Gasteiger charge is -2.26. The Kier molecular flexibility index (Phi) is 5.94. The van der Waals surface area contributed by atoms with Crippen LogP contribution in [0, 0.1) is 18.3 Å². The van der Waals surface area contributed by atoms with Gasteiger partial charge in [-0.15, -0.1) is 0 Å². The maximum absolute atomic E-state index is 13.1. The van der Waals surface area contributed by atoms with Crippen molar-refractivity contribution < 1.29 is 27.0 Å². The maximum atomic E-state index is 13.1. The molecule has 0 bridgehead atoms. The monoisotopic (exact) mass is 471 g/mol. The number of nitriles is 1. The standard InChI is InChI=1S/C18H18ClN3O6S2/c1-12-2-5-17(21-8-12)29(25,26)16-9-22(10-18(16,24)11-23)30(27,28)15-4-3-13(7-20)6-14(15)19/h2-6,8,16,23-24H,9-11H2,1H3/t16-,18+/m0/s1. The SMILES string of the molecule is Cc1ccc(S(=O)(=O)[C@H]2CN(S(=O)(=O)c3ccc(C#N)cc3Cl)C[C@@]2(O)CO)nc1. The van der Waals surface area contributed by atoms with E-state index in [1.54, 1.807) is 6.92 Å². The van der Waals surface area contributed by atoms with Crippen LogP contribution in [0.15, 0.2) is 46.5 Å². The topological polar surface area (TPSA) is 149 Å². The van der Waals surface area contributed by atoms with Crippen molar-refractivity contribution in [3.8, 4) is 6.07 Å². The Balaban J connectivity index is 2.02. The highest BCUT2D eigenvalue weighted by atomic mass is 35.5. The van der Waals surface area contributed by atoms with Crippen molar-refractivity contribution in [1.82, 2.24) is 9.29 Å². The molecule has 30 heavy (non-hydrogen) atoms. The molecule has 2 heterocycles. The number of sulfonamides is 1. The summed E-state index contributed by atoms with van der Waals surface area (Å²) in [6, 6.07) is 8.19. The zero-order valence-electron chi connectivity index (χ0n) is 15.7. The number of sulfone groups is 1. The number of aliphatic hydroxyl groups is 2. The van der Waals surface area contributed by atoms with Gasteiger partial charge < -0.3 is 10.2 Å². The van der Waals surface area contributed by atoms with Gasteiger partial charge in [-0.25, -0.2) is 21.8 Å². The van der Waals surface area contributed by atoms with Crippen LogP contribution in [0.5, 0.6) is 0 Å². The molecule has 1 aliphatic rings. The molecule has 1 aromatic carbocycles. The van der Waals surface area contributed by atoms with E-state index in [4.69, 9.17) is 16.9 Å². The van der Waals surface area contributed by atoms with Gasteiger partial charge in [-0.1, -0.05) is 17.7 Å². The number of nitrogens with zero attached hydrogens (tertiary/aromatic N) is 3.